The van der Waals surface area contributed by atoms with E-state index in [2.05, 4.69) is 31.2 Å². The Bertz CT molecular complexity index is 1250. The number of halogens is 4. The van der Waals surface area contributed by atoms with Gasteiger partial charge in [-0.05, 0) is 40.5 Å². The van der Waals surface area contributed by atoms with Crippen LogP contribution < -0.4 is 0 Å². The van der Waals surface area contributed by atoms with Crippen molar-refractivity contribution in [1.29, 1.82) is 0 Å². The molecule has 4 rings (SSSR count). The number of alkyl halides is 3. The fourth-order valence-electron chi connectivity index (χ4n) is 2.82. The van der Waals surface area contributed by atoms with Crippen molar-refractivity contribution in [2.45, 2.75) is 19.6 Å². The van der Waals surface area contributed by atoms with Crippen LogP contribution in [0.3, 0.4) is 0 Å². The highest BCUT2D eigenvalue weighted by atomic mass is 79.9. The first kappa shape index (κ1) is 22.2. The van der Waals surface area contributed by atoms with Crippen LogP contribution in [0.5, 0.6) is 0 Å². The zero-order valence-corrected chi connectivity index (χ0v) is 18.8. The highest BCUT2D eigenvalue weighted by Gasteiger charge is 2.36. The molecule has 0 aliphatic rings. The number of ether oxygens (including phenoxy) is 1. The molecule has 32 heavy (non-hydrogen) atoms. The number of hydrogen-bond donors (Lipinski definition) is 0. The van der Waals surface area contributed by atoms with Crippen molar-refractivity contribution >= 4 is 33.2 Å². The number of rotatable bonds is 6. The Balaban J connectivity index is 1.47. The van der Waals surface area contributed by atoms with Gasteiger partial charge in [0.25, 0.3) is 5.89 Å². The third kappa shape index (κ3) is 4.75. The van der Waals surface area contributed by atoms with Gasteiger partial charge in [0.2, 0.25) is 5.82 Å². The average Bonchev–Trinajstić information content (AvgIpc) is 3.47. The molecule has 12 heteroatoms. The van der Waals surface area contributed by atoms with Gasteiger partial charge in [0.15, 0.2) is 5.69 Å². The molecule has 1 aromatic carbocycles. The van der Waals surface area contributed by atoms with Gasteiger partial charge in [0.1, 0.15) is 4.88 Å². The molecule has 7 nitrogen and oxygen atoms in total. The van der Waals surface area contributed by atoms with Gasteiger partial charge >= 0.3 is 12.1 Å². The van der Waals surface area contributed by atoms with Gasteiger partial charge in [-0.1, -0.05) is 29.4 Å². The molecule has 0 radical (unpaired) electrons. The molecular weight excluding hydrogens is 513 g/mol. The van der Waals surface area contributed by atoms with E-state index in [1.54, 1.807) is 36.0 Å². The van der Waals surface area contributed by atoms with Gasteiger partial charge in [-0.3, -0.25) is 4.68 Å². The van der Waals surface area contributed by atoms with E-state index in [1.807, 2.05) is 12.1 Å². The number of nitrogens with zero attached hydrogens (tertiary/aromatic N) is 4. The highest BCUT2D eigenvalue weighted by Crippen LogP contribution is 2.43. The molecule has 0 N–H and O–H groups in total. The minimum absolute atomic E-state index is 0.00770. The Morgan fingerprint density at radius 3 is 2.66 bits per heavy atom. The Labute approximate surface area is 191 Å². The summed E-state index contributed by atoms with van der Waals surface area (Å²) in [6.45, 7) is 2.43. The number of benzene rings is 1. The van der Waals surface area contributed by atoms with Crippen LogP contribution in [-0.2, 0) is 17.5 Å². The fourth-order valence-corrected chi connectivity index (χ4v) is 4.51. The zero-order valence-electron chi connectivity index (χ0n) is 16.4. The van der Waals surface area contributed by atoms with E-state index in [-0.39, 0.29) is 33.4 Å². The van der Waals surface area contributed by atoms with E-state index in [0.29, 0.717) is 23.4 Å². The summed E-state index contributed by atoms with van der Waals surface area (Å²) in [6.07, 6.45) is -2.79. The van der Waals surface area contributed by atoms with Crippen LogP contribution in [-0.4, -0.2) is 32.5 Å². The van der Waals surface area contributed by atoms with Crippen LogP contribution in [0, 0.1) is 0 Å². The second-order valence-corrected chi connectivity index (χ2v) is 8.43. The van der Waals surface area contributed by atoms with Gasteiger partial charge in [-0.15, -0.1) is 11.3 Å². The van der Waals surface area contributed by atoms with Crippen molar-refractivity contribution in [2.75, 3.05) is 6.61 Å². The maximum Gasteiger partial charge on any atom is 0.426 e. The van der Waals surface area contributed by atoms with E-state index < -0.39 is 17.0 Å². The third-order valence-corrected chi connectivity index (χ3v) is 6.32. The van der Waals surface area contributed by atoms with E-state index in [4.69, 9.17) is 9.26 Å². The van der Waals surface area contributed by atoms with Crippen LogP contribution in [0.4, 0.5) is 13.2 Å². The highest BCUT2D eigenvalue weighted by molar-refractivity contribution is 9.10. The molecular formula is C20H14BrF3N4O3S. The number of esters is 1. The molecule has 0 aliphatic carbocycles. The predicted molar refractivity (Wildman–Crippen MR) is 113 cm³/mol. The Hall–Kier alpha value is -2.99. The number of hydrogen-bond acceptors (Lipinski definition) is 7. The topological polar surface area (TPSA) is 83.0 Å². The predicted octanol–water partition coefficient (Wildman–Crippen LogP) is 5.67. The summed E-state index contributed by atoms with van der Waals surface area (Å²) in [5.41, 5.74) is 1.78. The first-order valence-electron chi connectivity index (χ1n) is 9.25. The summed E-state index contributed by atoms with van der Waals surface area (Å²) in [4.78, 5) is 15.4. The maximum atomic E-state index is 13.0. The minimum atomic E-state index is -4.47. The van der Waals surface area contributed by atoms with Gasteiger partial charge in [0, 0.05) is 16.2 Å². The molecule has 0 amide bonds. The molecule has 0 spiro atoms. The molecule has 0 atom stereocenters. The first-order valence-corrected chi connectivity index (χ1v) is 10.9. The molecule has 0 saturated carbocycles. The van der Waals surface area contributed by atoms with Crippen LogP contribution in [0.15, 0.2) is 51.6 Å². The van der Waals surface area contributed by atoms with Crippen molar-refractivity contribution in [3.05, 3.63) is 63.2 Å². The van der Waals surface area contributed by atoms with E-state index >= 15 is 0 Å². The maximum absolute atomic E-state index is 13.0. The lowest BCUT2D eigenvalue weighted by Gasteiger charge is -2.03. The van der Waals surface area contributed by atoms with E-state index in [1.165, 1.54) is 6.07 Å². The van der Waals surface area contributed by atoms with Gasteiger partial charge in [-0.25, -0.2) is 4.79 Å². The lowest BCUT2D eigenvalue weighted by Crippen LogP contribution is -2.07. The third-order valence-electron chi connectivity index (χ3n) is 4.26. The Morgan fingerprint density at radius 2 is 2.00 bits per heavy atom. The van der Waals surface area contributed by atoms with Crippen molar-refractivity contribution in [3.63, 3.8) is 0 Å². The van der Waals surface area contributed by atoms with Gasteiger partial charge in [0.05, 0.1) is 18.0 Å². The summed E-state index contributed by atoms with van der Waals surface area (Å²) < 4.78 is 50.6. The minimum Gasteiger partial charge on any atom is -0.461 e. The largest absolute Gasteiger partial charge is 0.461 e. The zero-order chi connectivity index (χ0) is 22.9. The molecule has 3 aromatic heterocycles. The smallest absolute Gasteiger partial charge is 0.426 e. The molecule has 0 aliphatic heterocycles. The molecule has 166 valence electrons. The van der Waals surface area contributed by atoms with Crippen LogP contribution in [0.2, 0.25) is 0 Å². The second kappa shape index (κ2) is 8.87. The van der Waals surface area contributed by atoms with Gasteiger partial charge in [-0.2, -0.15) is 23.3 Å². The summed E-state index contributed by atoms with van der Waals surface area (Å²) in [7, 11) is 0. The Kier molecular flexibility index (Phi) is 6.15. The quantitative estimate of drug-likeness (QED) is 0.301. The van der Waals surface area contributed by atoms with E-state index in [9.17, 15) is 18.0 Å². The summed E-state index contributed by atoms with van der Waals surface area (Å²) >= 11 is 3.45. The monoisotopic (exact) mass is 526 g/mol. The summed E-state index contributed by atoms with van der Waals surface area (Å²) in [5, 5.41) is 8.06. The second-order valence-electron chi connectivity index (χ2n) is 6.52. The van der Waals surface area contributed by atoms with Gasteiger partial charge < -0.3 is 9.26 Å². The normalized spacial score (nSPS) is 11.7. The van der Waals surface area contributed by atoms with Crippen molar-refractivity contribution < 1.29 is 27.2 Å². The first-order chi connectivity index (χ1) is 15.2. The van der Waals surface area contributed by atoms with Crippen molar-refractivity contribution in [2.24, 2.45) is 0 Å². The van der Waals surface area contributed by atoms with Crippen LogP contribution in [0.1, 0.15) is 27.9 Å². The van der Waals surface area contributed by atoms with Crippen LogP contribution in [0.25, 0.3) is 22.2 Å². The molecule has 4 aromatic rings. The van der Waals surface area contributed by atoms with Crippen LogP contribution >= 0.6 is 27.3 Å². The molecule has 0 fully saturated rings. The molecule has 0 unspecified atom stereocenters. The van der Waals surface area contributed by atoms with Crippen molar-refractivity contribution in [3.8, 4) is 22.2 Å². The van der Waals surface area contributed by atoms with Crippen molar-refractivity contribution in [1.82, 2.24) is 19.9 Å². The molecule has 3 heterocycles. The molecule has 0 saturated heterocycles. The standard InChI is InChI=1S/C20H14BrF3N4O3S/c1-2-30-19(29)14-7-8-28(26-14)10-11-3-5-12(6-4-11)17-25-18(31-27-17)15-9-13(21)16(32-15)20(22,23)24/h3-9H,2,10H2,1H3. The van der Waals surface area contributed by atoms with E-state index in [0.717, 1.165) is 5.56 Å². The number of aromatic nitrogens is 4. The lowest BCUT2D eigenvalue weighted by atomic mass is 10.1. The molecule has 0 bridgehead atoms. The number of thiophene rings is 1. The Morgan fingerprint density at radius 1 is 1.25 bits per heavy atom. The fraction of sp³-hybridized carbons (Fsp3) is 0.200. The summed E-state index contributed by atoms with van der Waals surface area (Å²) in [6, 6.07) is 10.1. The number of carbonyl (C=O) groups is 1. The SMILES string of the molecule is CCOC(=O)c1ccn(Cc2ccc(-c3noc(-c4cc(Br)c(C(F)(F)F)s4)n3)cc2)n1. The summed E-state index contributed by atoms with van der Waals surface area (Å²) in [5.74, 6) is -0.212. The average molecular weight is 527 g/mol. The number of carbonyl (C=O) groups excluding carboxylic acids is 1. The lowest BCUT2D eigenvalue weighted by molar-refractivity contribution is -0.134.